The zero-order valence-electron chi connectivity index (χ0n) is 17.0. The quantitative estimate of drug-likeness (QED) is 0.757. The lowest BCUT2D eigenvalue weighted by Crippen LogP contribution is -2.33. The molecule has 2 N–H and O–H groups in total. The number of hydrogen-bond acceptors (Lipinski definition) is 4. The van der Waals surface area contributed by atoms with Gasteiger partial charge in [-0.2, -0.15) is 5.10 Å². The summed E-state index contributed by atoms with van der Waals surface area (Å²) in [6.45, 7) is 3.41. The number of nitrogens with one attached hydrogen (secondary N) is 2. The molecule has 2 aliphatic heterocycles. The van der Waals surface area contributed by atoms with Crippen LogP contribution in [0.25, 0.3) is 5.57 Å². The first-order chi connectivity index (χ1) is 14.2. The highest BCUT2D eigenvalue weighted by Crippen LogP contribution is 2.37. The van der Waals surface area contributed by atoms with Gasteiger partial charge in [0.2, 0.25) is 0 Å². The van der Waals surface area contributed by atoms with E-state index in [0.29, 0.717) is 19.0 Å². The molecule has 0 saturated heterocycles. The Morgan fingerprint density at radius 2 is 1.93 bits per heavy atom. The van der Waals surface area contributed by atoms with Gasteiger partial charge < -0.3 is 15.1 Å². The predicted molar refractivity (Wildman–Crippen MR) is 123 cm³/mol. The van der Waals surface area contributed by atoms with Crippen molar-refractivity contribution in [2.75, 3.05) is 6.54 Å². The van der Waals surface area contributed by atoms with Crippen LogP contribution in [-0.4, -0.2) is 23.8 Å². The molecule has 3 heterocycles. The van der Waals surface area contributed by atoms with Gasteiger partial charge in [-0.3, -0.25) is 4.99 Å². The summed E-state index contributed by atoms with van der Waals surface area (Å²) in [5.41, 5.74) is 7.67. The number of aryl methyl sites for hydroxylation is 1. The van der Waals surface area contributed by atoms with E-state index in [-0.39, 0.29) is 18.5 Å². The molecule has 0 spiro atoms. The third-order valence-corrected chi connectivity index (χ3v) is 6.52. The lowest BCUT2D eigenvalue weighted by atomic mass is 9.81. The number of hydrogen-bond donors (Lipinski definition) is 2. The molecule has 3 aliphatic rings. The topological polar surface area (TPSA) is 61.8 Å². The summed E-state index contributed by atoms with van der Waals surface area (Å²) in [4.78, 5) is 8.35. The molecular weight excluding hydrogens is 419 g/mol. The molecule has 0 amide bonds. The van der Waals surface area contributed by atoms with Crippen molar-refractivity contribution in [1.82, 2.24) is 10.4 Å². The second-order valence-corrected chi connectivity index (χ2v) is 8.40. The SMILES string of the molecule is Cc1ccccc1OC1CCC(C2=c3[nH]c4c(c3=NCC=C2Cl)CNN=C4)CC1.Cl. The van der Waals surface area contributed by atoms with Gasteiger partial charge >= 0.3 is 0 Å². The van der Waals surface area contributed by atoms with Gasteiger partial charge in [-0.1, -0.05) is 29.8 Å². The van der Waals surface area contributed by atoms with Crippen molar-refractivity contribution in [2.24, 2.45) is 16.0 Å². The summed E-state index contributed by atoms with van der Waals surface area (Å²) in [7, 11) is 0. The molecule has 5 rings (SSSR count). The standard InChI is InChI=1S/C23H25ClN4O.ClH/c1-14-4-2-3-5-20(14)29-16-8-6-15(7-9-16)21-18(24)10-11-25-22-17-12-26-27-13-19(17)28-23(21)22;/h2-5,10,13,15-16,26,28H,6-9,11-12H2,1H3;1H. The molecule has 0 atom stereocenters. The molecule has 1 aliphatic carbocycles. The second-order valence-electron chi connectivity index (χ2n) is 8.00. The van der Waals surface area contributed by atoms with E-state index >= 15 is 0 Å². The lowest BCUT2D eigenvalue weighted by Gasteiger charge is -2.30. The third-order valence-electron chi connectivity index (χ3n) is 6.16. The minimum atomic E-state index is 0. The Balaban J connectivity index is 0.00000218. The Labute approximate surface area is 187 Å². The number of H-pyrrole nitrogens is 1. The Morgan fingerprint density at radius 1 is 1.13 bits per heavy atom. The normalized spacial score (nSPS) is 22.5. The fourth-order valence-electron chi connectivity index (χ4n) is 4.62. The van der Waals surface area contributed by atoms with E-state index in [1.807, 2.05) is 18.4 Å². The molecule has 0 unspecified atom stereocenters. The molecule has 1 saturated carbocycles. The summed E-state index contributed by atoms with van der Waals surface area (Å²) in [5, 5.41) is 7.13. The molecular formula is C23H26Cl2N4O. The lowest BCUT2D eigenvalue weighted by molar-refractivity contribution is 0.142. The van der Waals surface area contributed by atoms with E-state index < -0.39 is 0 Å². The van der Waals surface area contributed by atoms with Crippen LogP contribution < -0.4 is 20.9 Å². The Morgan fingerprint density at radius 3 is 2.73 bits per heavy atom. The summed E-state index contributed by atoms with van der Waals surface area (Å²) in [6.07, 6.45) is 8.32. The number of aromatic amines is 1. The van der Waals surface area contributed by atoms with E-state index in [1.165, 1.54) is 16.7 Å². The molecule has 1 fully saturated rings. The summed E-state index contributed by atoms with van der Waals surface area (Å²) >= 11 is 6.76. The Kier molecular flexibility index (Phi) is 6.21. The van der Waals surface area contributed by atoms with Crippen LogP contribution in [0.2, 0.25) is 0 Å². The first kappa shape index (κ1) is 21.0. The number of benzene rings is 1. The molecule has 1 aromatic carbocycles. The minimum Gasteiger partial charge on any atom is -0.490 e. The van der Waals surface area contributed by atoms with E-state index in [1.54, 1.807) is 0 Å². The monoisotopic (exact) mass is 444 g/mol. The van der Waals surface area contributed by atoms with E-state index in [4.69, 9.17) is 21.3 Å². The van der Waals surface area contributed by atoms with Crippen LogP contribution in [0.4, 0.5) is 0 Å². The van der Waals surface area contributed by atoms with Crippen molar-refractivity contribution in [3.05, 3.63) is 62.9 Å². The van der Waals surface area contributed by atoms with Gasteiger partial charge in [0.15, 0.2) is 0 Å². The van der Waals surface area contributed by atoms with Crippen molar-refractivity contribution < 1.29 is 4.74 Å². The van der Waals surface area contributed by atoms with Gasteiger partial charge in [-0.25, -0.2) is 0 Å². The molecule has 30 heavy (non-hydrogen) atoms. The van der Waals surface area contributed by atoms with Crippen LogP contribution in [0.5, 0.6) is 5.75 Å². The maximum atomic E-state index is 6.76. The molecule has 2 aromatic rings. The van der Waals surface area contributed by atoms with Crippen LogP contribution in [-0.2, 0) is 6.54 Å². The van der Waals surface area contributed by atoms with Gasteiger partial charge in [0.1, 0.15) is 5.75 Å². The average Bonchev–Trinajstić information content (AvgIpc) is 3.01. The van der Waals surface area contributed by atoms with Crippen LogP contribution in [0.1, 0.15) is 42.5 Å². The third kappa shape index (κ3) is 3.88. The van der Waals surface area contributed by atoms with Crippen LogP contribution in [0.3, 0.4) is 0 Å². The summed E-state index contributed by atoms with van der Waals surface area (Å²) < 4.78 is 6.30. The van der Waals surface area contributed by atoms with Crippen LogP contribution in [0, 0.1) is 12.8 Å². The van der Waals surface area contributed by atoms with Gasteiger partial charge in [-0.05, 0) is 61.8 Å². The van der Waals surface area contributed by atoms with Gasteiger partial charge in [0.25, 0.3) is 0 Å². The van der Waals surface area contributed by atoms with Crippen molar-refractivity contribution in [3.63, 3.8) is 0 Å². The summed E-state index contributed by atoms with van der Waals surface area (Å²) in [6, 6.07) is 8.25. The smallest absolute Gasteiger partial charge is 0.122 e. The number of aromatic nitrogens is 1. The largest absolute Gasteiger partial charge is 0.490 e. The van der Waals surface area contributed by atoms with Crippen molar-refractivity contribution in [2.45, 2.75) is 45.3 Å². The highest BCUT2D eigenvalue weighted by Gasteiger charge is 2.29. The maximum Gasteiger partial charge on any atom is 0.122 e. The molecule has 0 bridgehead atoms. The first-order valence-corrected chi connectivity index (χ1v) is 10.7. The number of ether oxygens (including phenoxy) is 1. The number of para-hydroxylation sites is 1. The van der Waals surface area contributed by atoms with Gasteiger partial charge in [-0.15, -0.1) is 12.4 Å². The second kappa shape index (κ2) is 8.86. The van der Waals surface area contributed by atoms with Crippen LogP contribution in [0.15, 0.2) is 45.5 Å². The number of fused-ring (bicyclic) bond motifs is 3. The van der Waals surface area contributed by atoms with Crippen molar-refractivity contribution >= 4 is 35.8 Å². The fourth-order valence-corrected chi connectivity index (χ4v) is 4.94. The molecule has 1 aromatic heterocycles. The number of allylic oxidation sites excluding steroid dienone is 1. The summed E-state index contributed by atoms with van der Waals surface area (Å²) in [5.74, 6) is 1.41. The van der Waals surface area contributed by atoms with E-state index in [0.717, 1.165) is 52.9 Å². The van der Waals surface area contributed by atoms with Gasteiger partial charge in [0.05, 0.1) is 41.8 Å². The molecule has 5 nitrogen and oxygen atoms in total. The first-order valence-electron chi connectivity index (χ1n) is 10.3. The molecule has 0 radical (unpaired) electrons. The Bertz CT molecular complexity index is 1110. The molecule has 158 valence electrons. The van der Waals surface area contributed by atoms with E-state index in [2.05, 4.69) is 40.6 Å². The highest BCUT2D eigenvalue weighted by molar-refractivity contribution is 6.35. The average molecular weight is 445 g/mol. The highest BCUT2D eigenvalue weighted by atomic mass is 35.5. The van der Waals surface area contributed by atoms with Crippen LogP contribution >= 0.6 is 24.0 Å². The Hall–Kier alpha value is -2.24. The van der Waals surface area contributed by atoms with Crippen molar-refractivity contribution in [1.29, 1.82) is 0 Å². The van der Waals surface area contributed by atoms with Crippen molar-refractivity contribution in [3.8, 4) is 5.75 Å². The minimum absolute atomic E-state index is 0. The predicted octanol–water partition coefficient (Wildman–Crippen LogP) is 3.73. The number of halogens is 2. The number of hydrazone groups is 1. The maximum absolute atomic E-state index is 6.76. The number of rotatable bonds is 3. The number of nitrogens with zero attached hydrogens (tertiary/aromatic N) is 2. The fraction of sp³-hybridized carbons (Fsp3) is 0.391. The zero-order valence-corrected chi connectivity index (χ0v) is 18.5. The zero-order chi connectivity index (χ0) is 19.8. The molecule has 7 heteroatoms. The van der Waals surface area contributed by atoms with E-state index in [9.17, 15) is 0 Å². The van der Waals surface area contributed by atoms with Gasteiger partial charge in [0, 0.05) is 10.6 Å².